The minimum absolute atomic E-state index is 0.0411. The molecule has 156 valence electrons. The van der Waals surface area contributed by atoms with Gasteiger partial charge in [0.25, 0.3) is 0 Å². The maximum absolute atomic E-state index is 13.0. The van der Waals surface area contributed by atoms with Gasteiger partial charge in [-0.1, -0.05) is 24.3 Å². The van der Waals surface area contributed by atoms with Crippen molar-refractivity contribution in [2.45, 2.75) is 56.9 Å². The fraction of sp³-hybridized carbons (Fsp3) is 0.524. The Bertz CT molecular complexity index is 987. The summed E-state index contributed by atoms with van der Waals surface area (Å²) < 4.78 is 27.5. The fourth-order valence-corrected chi connectivity index (χ4v) is 6.40. The highest BCUT2D eigenvalue weighted by molar-refractivity contribution is 7.89. The van der Waals surface area contributed by atoms with Gasteiger partial charge in [-0.25, -0.2) is 8.42 Å². The van der Waals surface area contributed by atoms with Crippen LogP contribution in [-0.4, -0.2) is 41.9 Å². The number of hydrogen-bond donors (Lipinski definition) is 2. The van der Waals surface area contributed by atoms with Crippen molar-refractivity contribution in [3.05, 3.63) is 46.8 Å². The Morgan fingerprint density at radius 1 is 1.17 bits per heavy atom. The van der Waals surface area contributed by atoms with E-state index in [2.05, 4.69) is 27.6 Å². The summed E-state index contributed by atoms with van der Waals surface area (Å²) in [7, 11) is -3.59. The van der Waals surface area contributed by atoms with Gasteiger partial charge in [0.1, 0.15) is 4.90 Å². The number of nitrogens with one attached hydrogen (secondary N) is 2. The number of aromatic amines is 1. The van der Waals surface area contributed by atoms with Gasteiger partial charge in [-0.3, -0.25) is 9.89 Å². The van der Waals surface area contributed by atoms with Crippen molar-refractivity contribution in [3.8, 4) is 0 Å². The van der Waals surface area contributed by atoms with Gasteiger partial charge in [-0.15, -0.1) is 0 Å². The van der Waals surface area contributed by atoms with Crippen molar-refractivity contribution in [2.75, 3.05) is 13.1 Å². The van der Waals surface area contributed by atoms with Gasteiger partial charge >= 0.3 is 0 Å². The van der Waals surface area contributed by atoms with Crippen LogP contribution in [0, 0.1) is 19.8 Å². The zero-order valence-corrected chi connectivity index (χ0v) is 17.8. The molecule has 2 heterocycles. The number of H-pyrrole nitrogens is 1. The molecule has 1 aromatic carbocycles. The van der Waals surface area contributed by atoms with E-state index < -0.39 is 10.0 Å². The van der Waals surface area contributed by atoms with Crippen LogP contribution in [0.2, 0.25) is 0 Å². The Balaban J connectivity index is 1.40. The Labute approximate surface area is 171 Å². The molecular formula is C21H28N4O3S. The maximum atomic E-state index is 13.0. The van der Waals surface area contributed by atoms with Gasteiger partial charge in [0.2, 0.25) is 15.9 Å². The molecule has 1 fully saturated rings. The number of sulfonamides is 1. The van der Waals surface area contributed by atoms with Crippen molar-refractivity contribution >= 4 is 15.9 Å². The summed E-state index contributed by atoms with van der Waals surface area (Å²) in [6.07, 6.45) is 4.16. The summed E-state index contributed by atoms with van der Waals surface area (Å²) in [6, 6.07) is 8.36. The number of carbonyl (C=O) groups excluding carboxylic acids is 1. The summed E-state index contributed by atoms with van der Waals surface area (Å²) in [5.74, 6) is -0.110. The molecule has 0 saturated carbocycles. The van der Waals surface area contributed by atoms with Crippen LogP contribution >= 0.6 is 0 Å². The first-order valence-corrected chi connectivity index (χ1v) is 11.7. The minimum Gasteiger partial charge on any atom is -0.349 e. The second kappa shape index (κ2) is 7.91. The Morgan fingerprint density at radius 3 is 2.59 bits per heavy atom. The van der Waals surface area contributed by atoms with Crippen molar-refractivity contribution in [2.24, 2.45) is 5.92 Å². The quantitative estimate of drug-likeness (QED) is 0.801. The van der Waals surface area contributed by atoms with E-state index in [1.54, 1.807) is 13.8 Å². The molecule has 0 bridgehead atoms. The van der Waals surface area contributed by atoms with E-state index in [4.69, 9.17) is 0 Å². The third kappa shape index (κ3) is 3.83. The first-order chi connectivity index (χ1) is 13.9. The molecule has 8 heteroatoms. The molecule has 29 heavy (non-hydrogen) atoms. The van der Waals surface area contributed by atoms with E-state index in [-0.39, 0.29) is 22.8 Å². The summed E-state index contributed by atoms with van der Waals surface area (Å²) >= 11 is 0. The Kier molecular flexibility index (Phi) is 5.48. The average Bonchev–Trinajstić information content (AvgIpc) is 3.07. The van der Waals surface area contributed by atoms with Gasteiger partial charge in [-0.05, 0) is 57.1 Å². The molecule has 1 atom stereocenters. The number of fused-ring (bicyclic) bond motifs is 1. The number of aryl methyl sites for hydroxylation is 3. The number of hydrogen-bond acceptors (Lipinski definition) is 4. The highest BCUT2D eigenvalue weighted by atomic mass is 32.2. The normalized spacial score (nSPS) is 21.0. The number of rotatable bonds is 4. The molecule has 2 N–H and O–H groups in total. The predicted octanol–water partition coefficient (Wildman–Crippen LogP) is 2.62. The van der Waals surface area contributed by atoms with Crippen molar-refractivity contribution in [1.29, 1.82) is 0 Å². The van der Waals surface area contributed by atoms with E-state index >= 15 is 0 Å². The zero-order valence-electron chi connectivity index (χ0n) is 16.9. The maximum Gasteiger partial charge on any atom is 0.246 e. The Hall–Kier alpha value is -2.19. The zero-order chi connectivity index (χ0) is 20.6. The number of carbonyl (C=O) groups is 1. The predicted molar refractivity (Wildman–Crippen MR) is 110 cm³/mol. The third-order valence-electron chi connectivity index (χ3n) is 6.17. The third-order valence-corrected chi connectivity index (χ3v) is 8.33. The van der Waals surface area contributed by atoms with Crippen LogP contribution in [-0.2, 0) is 21.2 Å². The number of benzene rings is 1. The topological polar surface area (TPSA) is 95.2 Å². The highest BCUT2D eigenvalue weighted by Crippen LogP contribution is 2.31. The van der Waals surface area contributed by atoms with Gasteiger partial charge < -0.3 is 5.32 Å². The molecule has 1 amide bonds. The molecule has 0 radical (unpaired) electrons. The number of aromatic nitrogens is 2. The molecule has 7 nitrogen and oxygen atoms in total. The first-order valence-electron chi connectivity index (χ1n) is 10.3. The van der Waals surface area contributed by atoms with Gasteiger partial charge in [-0.2, -0.15) is 9.40 Å². The number of amides is 1. The lowest BCUT2D eigenvalue weighted by atomic mass is 9.87. The molecule has 1 aliphatic heterocycles. The second-order valence-electron chi connectivity index (χ2n) is 8.09. The molecular weight excluding hydrogens is 388 g/mol. The van der Waals surface area contributed by atoms with Crippen LogP contribution in [0.4, 0.5) is 0 Å². The summed E-state index contributed by atoms with van der Waals surface area (Å²) in [6.45, 7) is 4.12. The Morgan fingerprint density at radius 2 is 1.90 bits per heavy atom. The molecule has 1 aliphatic carbocycles. The van der Waals surface area contributed by atoms with E-state index in [0.717, 1.165) is 19.3 Å². The lowest BCUT2D eigenvalue weighted by molar-refractivity contribution is -0.127. The van der Waals surface area contributed by atoms with Crippen molar-refractivity contribution in [3.63, 3.8) is 0 Å². The average molecular weight is 417 g/mol. The standard InChI is InChI=1S/C21H28N4O3S/c1-14-20(15(2)24-23-14)29(27,28)25-12-10-17(11-13-25)21(26)22-19-9-5-7-16-6-3-4-8-18(16)19/h3-4,6,8,17,19H,5,7,9-13H2,1-2H3,(H,22,26)(H,23,24). The van der Waals surface area contributed by atoms with Gasteiger partial charge in [0, 0.05) is 19.0 Å². The van der Waals surface area contributed by atoms with E-state index in [0.29, 0.717) is 37.3 Å². The van der Waals surface area contributed by atoms with Crippen LogP contribution in [0.25, 0.3) is 0 Å². The smallest absolute Gasteiger partial charge is 0.246 e. The lowest BCUT2D eigenvalue weighted by Gasteiger charge is -2.32. The van der Waals surface area contributed by atoms with E-state index in [1.165, 1.54) is 15.4 Å². The summed E-state index contributed by atoms with van der Waals surface area (Å²) in [5, 5.41) is 9.97. The molecule has 1 unspecified atom stereocenters. The second-order valence-corrected chi connectivity index (χ2v) is 9.97. The van der Waals surface area contributed by atoms with E-state index in [9.17, 15) is 13.2 Å². The molecule has 1 saturated heterocycles. The van der Waals surface area contributed by atoms with Crippen LogP contribution in [0.1, 0.15) is 54.2 Å². The molecule has 0 spiro atoms. The molecule has 2 aromatic rings. The van der Waals surface area contributed by atoms with Crippen molar-refractivity contribution < 1.29 is 13.2 Å². The minimum atomic E-state index is -3.59. The van der Waals surface area contributed by atoms with Crippen LogP contribution < -0.4 is 5.32 Å². The van der Waals surface area contributed by atoms with Crippen LogP contribution in [0.15, 0.2) is 29.2 Å². The SMILES string of the molecule is Cc1n[nH]c(C)c1S(=O)(=O)N1CCC(C(=O)NC2CCCc3ccccc32)CC1. The molecule has 2 aliphatic rings. The summed E-state index contributed by atoms with van der Waals surface area (Å²) in [5.41, 5.74) is 3.57. The largest absolute Gasteiger partial charge is 0.349 e. The lowest BCUT2D eigenvalue weighted by Crippen LogP contribution is -2.44. The monoisotopic (exact) mass is 416 g/mol. The number of nitrogens with zero attached hydrogens (tertiary/aromatic N) is 2. The molecule has 4 rings (SSSR count). The van der Waals surface area contributed by atoms with Crippen molar-refractivity contribution in [1.82, 2.24) is 19.8 Å². The van der Waals surface area contributed by atoms with Crippen LogP contribution in [0.3, 0.4) is 0 Å². The first kappa shape index (κ1) is 20.1. The van der Waals surface area contributed by atoms with Crippen LogP contribution in [0.5, 0.6) is 0 Å². The highest BCUT2D eigenvalue weighted by Gasteiger charge is 2.35. The molecule has 1 aromatic heterocycles. The fourth-order valence-electron chi connectivity index (χ4n) is 4.60. The van der Waals surface area contributed by atoms with E-state index in [1.807, 2.05) is 12.1 Å². The van der Waals surface area contributed by atoms with Gasteiger partial charge in [0.05, 0.1) is 17.4 Å². The summed E-state index contributed by atoms with van der Waals surface area (Å²) in [4.78, 5) is 13.1. The number of piperidine rings is 1. The van der Waals surface area contributed by atoms with Gasteiger partial charge in [0.15, 0.2) is 0 Å².